The van der Waals surface area contributed by atoms with Gasteiger partial charge in [-0.3, -0.25) is 14.7 Å². The van der Waals surface area contributed by atoms with Crippen LogP contribution in [0.2, 0.25) is 0 Å². The first kappa shape index (κ1) is 36.5. The van der Waals surface area contributed by atoms with Crippen molar-refractivity contribution in [3.8, 4) is 24.3 Å². The Balaban J connectivity index is 0.00000122. The second kappa shape index (κ2) is 16.3. The maximum atomic E-state index is 14.7. The molecule has 0 N–H and O–H groups in total. The number of hydrogen-bond acceptors (Lipinski definition) is 5. The molecule has 0 atom stereocenters. The van der Waals surface area contributed by atoms with Crippen LogP contribution >= 0.6 is 0 Å². The average Bonchev–Trinajstić information content (AvgIpc) is 3.45. The van der Waals surface area contributed by atoms with Gasteiger partial charge in [-0.25, -0.2) is 0 Å². The molecule has 6 heteroatoms. The average molecular weight is 677 g/mol. The summed E-state index contributed by atoms with van der Waals surface area (Å²) in [6.45, 7) is 16.2. The molecule has 0 saturated carbocycles. The van der Waals surface area contributed by atoms with Crippen molar-refractivity contribution in [2.45, 2.75) is 47.1 Å². The number of pyridine rings is 1. The molecule has 2 aliphatic heterocycles. The lowest BCUT2D eigenvalue weighted by atomic mass is 9.74. The van der Waals surface area contributed by atoms with Crippen molar-refractivity contribution in [3.63, 3.8) is 0 Å². The van der Waals surface area contributed by atoms with E-state index in [9.17, 15) is 4.79 Å². The highest BCUT2D eigenvalue weighted by Crippen LogP contribution is 2.59. The van der Waals surface area contributed by atoms with Gasteiger partial charge in [0.25, 0.3) is 5.91 Å². The molecule has 0 bridgehead atoms. The van der Waals surface area contributed by atoms with E-state index in [0.717, 1.165) is 82.6 Å². The summed E-state index contributed by atoms with van der Waals surface area (Å²) in [5, 5.41) is 0. The van der Waals surface area contributed by atoms with E-state index in [2.05, 4.69) is 134 Å². The summed E-state index contributed by atoms with van der Waals surface area (Å²) in [7, 11) is 0. The van der Waals surface area contributed by atoms with Gasteiger partial charge < -0.3 is 14.5 Å². The van der Waals surface area contributed by atoms with Gasteiger partial charge in [0.05, 0.1) is 0 Å². The van der Waals surface area contributed by atoms with Gasteiger partial charge in [0.15, 0.2) is 0 Å². The third kappa shape index (κ3) is 6.48. The van der Waals surface area contributed by atoms with Crippen molar-refractivity contribution in [1.29, 1.82) is 0 Å². The molecule has 260 valence electrons. The SMILES string of the molecule is C#C.CC.CCN(CC)c1ccc2c(c1)Oc1cc(N(CC)CC)ccc1C21c2ccccc2C(=O)N1c1ccc(/C=C/c2ccncc2)cc1. The number of rotatable bonds is 9. The zero-order valence-corrected chi connectivity index (χ0v) is 30.6. The Morgan fingerprint density at radius 2 is 1.16 bits per heavy atom. The lowest BCUT2D eigenvalue weighted by Crippen LogP contribution is -2.47. The molecule has 0 saturated heterocycles. The molecular weight excluding hydrogens is 629 g/mol. The van der Waals surface area contributed by atoms with Gasteiger partial charge in [-0.15, -0.1) is 12.8 Å². The highest BCUT2D eigenvalue weighted by atomic mass is 16.5. The molecule has 0 radical (unpaired) electrons. The Morgan fingerprint density at radius 3 is 1.67 bits per heavy atom. The van der Waals surface area contributed by atoms with E-state index in [1.807, 2.05) is 49.1 Å². The first-order chi connectivity index (χ1) is 25.0. The topological polar surface area (TPSA) is 48.9 Å². The number of carbonyl (C=O) groups excluding carboxylic acids is 1. The fourth-order valence-electron chi connectivity index (χ4n) is 7.24. The summed E-state index contributed by atoms with van der Waals surface area (Å²) in [6, 6.07) is 33.2. The molecule has 6 nitrogen and oxygen atoms in total. The van der Waals surface area contributed by atoms with Gasteiger partial charge >= 0.3 is 0 Å². The second-order valence-corrected chi connectivity index (χ2v) is 11.9. The number of hydrogen-bond donors (Lipinski definition) is 0. The number of terminal acetylenes is 1. The highest BCUT2D eigenvalue weighted by Gasteiger charge is 2.57. The Kier molecular flexibility index (Phi) is 11.6. The lowest BCUT2D eigenvalue weighted by Gasteiger charge is -2.44. The van der Waals surface area contributed by atoms with E-state index < -0.39 is 5.54 Å². The Morgan fingerprint density at radius 1 is 0.667 bits per heavy atom. The predicted molar refractivity (Wildman–Crippen MR) is 214 cm³/mol. The number of amides is 1. The van der Waals surface area contributed by atoms with Gasteiger partial charge in [-0.1, -0.05) is 68.5 Å². The first-order valence-electron chi connectivity index (χ1n) is 18.0. The molecule has 1 spiro atoms. The lowest BCUT2D eigenvalue weighted by molar-refractivity contribution is 0.0985. The summed E-state index contributed by atoms with van der Waals surface area (Å²) >= 11 is 0. The zero-order chi connectivity index (χ0) is 36.5. The molecule has 2 aliphatic rings. The number of carbonyl (C=O) groups is 1. The molecule has 1 amide bonds. The summed E-state index contributed by atoms with van der Waals surface area (Å²) < 4.78 is 6.85. The van der Waals surface area contributed by atoms with Crippen molar-refractivity contribution in [2.24, 2.45) is 0 Å². The Hall–Kier alpha value is -5.80. The van der Waals surface area contributed by atoms with Crippen molar-refractivity contribution >= 4 is 35.1 Å². The van der Waals surface area contributed by atoms with Crippen LogP contribution in [0.4, 0.5) is 17.1 Å². The molecule has 51 heavy (non-hydrogen) atoms. The van der Waals surface area contributed by atoms with Crippen LogP contribution in [0.25, 0.3) is 12.2 Å². The van der Waals surface area contributed by atoms with Crippen LogP contribution in [0.1, 0.15) is 79.7 Å². The minimum Gasteiger partial charge on any atom is -0.456 e. The third-order valence-electron chi connectivity index (χ3n) is 9.60. The number of benzene rings is 4. The molecule has 5 aromatic rings. The van der Waals surface area contributed by atoms with E-state index >= 15 is 0 Å². The van der Waals surface area contributed by atoms with Crippen LogP contribution < -0.4 is 19.4 Å². The molecule has 4 aromatic carbocycles. The predicted octanol–water partition coefficient (Wildman–Crippen LogP) is 10.3. The normalized spacial score (nSPS) is 13.2. The highest BCUT2D eigenvalue weighted by molar-refractivity contribution is 6.14. The molecule has 1 aromatic heterocycles. The zero-order valence-electron chi connectivity index (χ0n) is 30.6. The first-order valence-corrected chi connectivity index (χ1v) is 18.0. The number of anilines is 3. The van der Waals surface area contributed by atoms with E-state index in [1.54, 1.807) is 12.4 Å². The van der Waals surface area contributed by atoms with E-state index in [1.165, 1.54) is 0 Å². The molecular formula is C45H48N4O2. The van der Waals surface area contributed by atoms with E-state index in [4.69, 9.17) is 4.74 Å². The van der Waals surface area contributed by atoms with Gasteiger partial charge in [0.2, 0.25) is 0 Å². The Labute approximate surface area is 304 Å². The minimum absolute atomic E-state index is 0.0277. The quantitative estimate of drug-likeness (QED) is 0.146. The summed E-state index contributed by atoms with van der Waals surface area (Å²) in [5.74, 6) is 1.51. The van der Waals surface area contributed by atoms with Gasteiger partial charge in [-0.05, 0) is 81.3 Å². The molecule has 7 rings (SSSR count). The second-order valence-electron chi connectivity index (χ2n) is 11.9. The van der Waals surface area contributed by atoms with Crippen molar-refractivity contribution in [3.05, 3.63) is 143 Å². The van der Waals surface area contributed by atoms with Crippen LogP contribution in [0, 0.1) is 12.8 Å². The maximum absolute atomic E-state index is 14.7. The summed E-state index contributed by atoms with van der Waals surface area (Å²) in [4.78, 5) is 25.4. The fraction of sp³-hybridized carbons (Fsp3) is 0.244. The van der Waals surface area contributed by atoms with Crippen LogP contribution in [0.5, 0.6) is 11.5 Å². The van der Waals surface area contributed by atoms with Gasteiger partial charge in [0, 0.05) is 90.0 Å². The largest absolute Gasteiger partial charge is 0.456 e. The fourth-order valence-corrected chi connectivity index (χ4v) is 7.24. The smallest absolute Gasteiger partial charge is 0.260 e. The van der Waals surface area contributed by atoms with Crippen LogP contribution in [0.15, 0.2) is 109 Å². The standard InChI is InChI=1S/C41H40N4O2.C2H6.C2H2/c1-5-43(6-2)32-19-21-36-38(27-32)47-39-28-33(44(7-3)8-4)20-22-37(39)41(36)35-12-10-9-11-34(35)40(46)45(41)31-17-15-29(16-18-31)13-14-30-23-25-42-26-24-30;2*1-2/h9-28H,5-8H2,1-4H3;1-2H3;1-2H/b14-13+;;. The Bertz CT molecular complexity index is 1930. The molecule has 0 unspecified atom stereocenters. The molecule has 3 heterocycles. The third-order valence-corrected chi connectivity index (χ3v) is 9.60. The van der Waals surface area contributed by atoms with Crippen molar-refractivity contribution in [2.75, 3.05) is 40.9 Å². The van der Waals surface area contributed by atoms with E-state index in [-0.39, 0.29) is 5.91 Å². The number of nitrogens with zero attached hydrogens (tertiary/aromatic N) is 4. The van der Waals surface area contributed by atoms with Gasteiger partial charge in [0.1, 0.15) is 17.0 Å². The van der Waals surface area contributed by atoms with Crippen molar-refractivity contribution in [1.82, 2.24) is 4.98 Å². The molecule has 0 fully saturated rings. The van der Waals surface area contributed by atoms with Crippen LogP contribution in [0.3, 0.4) is 0 Å². The number of fused-ring (bicyclic) bond motifs is 6. The van der Waals surface area contributed by atoms with Crippen molar-refractivity contribution < 1.29 is 9.53 Å². The maximum Gasteiger partial charge on any atom is 0.260 e. The number of aromatic nitrogens is 1. The van der Waals surface area contributed by atoms with E-state index in [0.29, 0.717) is 5.56 Å². The summed E-state index contributed by atoms with van der Waals surface area (Å²) in [5.41, 5.74) is 7.80. The monoisotopic (exact) mass is 676 g/mol. The summed E-state index contributed by atoms with van der Waals surface area (Å²) in [6.07, 6.45) is 15.7. The minimum atomic E-state index is -0.922. The van der Waals surface area contributed by atoms with Gasteiger partial charge in [-0.2, -0.15) is 0 Å². The van der Waals surface area contributed by atoms with Crippen LogP contribution in [-0.2, 0) is 5.54 Å². The molecule has 0 aliphatic carbocycles. The number of ether oxygens (including phenoxy) is 1. The van der Waals surface area contributed by atoms with Crippen LogP contribution in [-0.4, -0.2) is 37.1 Å².